The van der Waals surface area contributed by atoms with Crippen molar-refractivity contribution in [3.05, 3.63) is 41.9 Å². The molecule has 4 rings (SSSR count). The second-order valence-electron chi connectivity index (χ2n) is 8.08. The minimum Gasteiger partial charge on any atom is -0.443 e. The molecule has 0 saturated carbocycles. The summed E-state index contributed by atoms with van der Waals surface area (Å²) in [6, 6.07) is 8.00. The summed E-state index contributed by atoms with van der Waals surface area (Å²) in [5.74, 6) is 0.618. The highest BCUT2D eigenvalue weighted by Gasteiger charge is 2.30. The summed E-state index contributed by atoms with van der Waals surface area (Å²) in [7, 11) is 0. The smallest absolute Gasteiger partial charge is 0.276 e. The highest BCUT2D eigenvalue weighted by atomic mass is 16.5. The molecular formula is C23H29N3O4. The van der Waals surface area contributed by atoms with Crippen LogP contribution in [0.4, 0.5) is 0 Å². The van der Waals surface area contributed by atoms with Gasteiger partial charge >= 0.3 is 0 Å². The lowest BCUT2D eigenvalue weighted by molar-refractivity contribution is -0.127. The van der Waals surface area contributed by atoms with Crippen LogP contribution in [-0.4, -0.2) is 65.5 Å². The number of likely N-dealkylation sites (tertiary alicyclic amines) is 1. The summed E-state index contributed by atoms with van der Waals surface area (Å²) in [5, 5.41) is 0. The number of amides is 2. The fourth-order valence-corrected chi connectivity index (χ4v) is 4.34. The summed E-state index contributed by atoms with van der Waals surface area (Å²) in [4.78, 5) is 33.6. The second kappa shape index (κ2) is 9.43. The molecule has 1 aromatic carbocycles. The lowest BCUT2D eigenvalue weighted by Gasteiger charge is -2.34. The first-order chi connectivity index (χ1) is 14.6. The van der Waals surface area contributed by atoms with E-state index < -0.39 is 0 Å². The number of aromatic nitrogens is 1. The number of hydrogen-bond donors (Lipinski definition) is 0. The zero-order valence-corrected chi connectivity index (χ0v) is 17.5. The molecule has 7 nitrogen and oxygen atoms in total. The number of aryl methyl sites for hydroxylation is 1. The monoisotopic (exact) mass is 411 g/mol. The van der Waals surface area contributed by atoms with Crippen LogP contribution in [0, 0.1) is 6.92 Å². The predicted molar refractivity (Wildman–Crippen MR) is 112 cm³/mol. The van der Waals surface area contributed by atoms with E-state index in [1.54, 1.807) is 0 Å². The van der Waals surface area contributed by atoms with Crippen LogP contribution in [0.3, 0.4) is 0 Å². The zero-order valence-electron chi connectivity index (χ0n) is 17.5. The molecule has 3 heterocycles. The number of rotatable bonds is 7. The molecule has 0 radical (unpaired) electrons. The Morgan fingerprint density at radius 2 is 2.13 bits per heavy atom. The Kier molecular flexibility index (Phi) is 6.47. The van der Waals surface area contributed by atoms with Gasteiger partial charge in [-0.05, 0) is 38.7 Å². The first kappa shape index (κ1) is 20.6. The first-order valence-corrected chi connectivity index (χ1v) is 10.8. The number of carbonyl (C=O) groups is 2. The molecule has 0 bridgehead atoms. The van der Waals surface area contributed by atoms with Gasteiger partial charge in [0.1, 0.15) is 0 Å². The van der Waals surface area contributed by atoms with Crippen molar-refractivity contribution in [2.45, 2.75) is 45.1 Å². The maximum Gasteiger partial charge on any atom is 0.276 e. The maximum atomic E-state index is 13.6. The van der Waals surface area contributed by atoms with Crippen molar-refractivity contribution in [2.24, 2.45) is 0 Å². The van der Waals surface area contributed by atoms with Crippen LogP contribution in [-0.2, 0) is 9.53 Å². The Labute approximate surface area is 177 Å². The van der Waals surface area contributed by atoms with E-state index in [1.165, 1.54) is 6.39 Å². The SMILES string of the molecule is Cc1cccc(-c2ocnc2C(=O)N(CCCN2CCCC2=O)C2CCOCC2)c1. The van der Waals surface area contributed by atoms with E-state index in [0.29, 0.717) is 44.2 Å². The van der Waals surface area contributed by atoms with Gasteiger partial charge in [0.05, 0.1) is 0 Å². The second-order valence-corrected chi connectivity index (χ2v) is 8.08. The molecule has 30 heavy (non-hydrogen) atoms. The van der Waals surface area contributed by atoms with Crippen molar-refractivity contribution in [1.82, 2.24) is 14.8 Å². The Balaban J connectivity index is 1.52. The summed E-state index contributed by atoms with van der Waals surface area (Å²) in [6.45, 7) is 5.42. The highest BCUT2D eigenvalue weighted by molar-refractivity contribution is 5.97. The summed E-state index contributed by atoms with van der Waals surface area (Å²) in [5.41, 5.74) is 2.30. The van der Waals surface area contributed by atoms with E-state index in [2.05, 4.69) is 4.98 Å². The average Bonchev–Trinajstić information content (AvgIpc) is 3.41. The fraction of sp³-hybridized carbons (Fsp3) is 0.522. The normalized spacial score (nSPS) is 17.5. The number of oxazole rings is 1. The molecule has 0 N–H and O–H groups in total. The molecule has 160 valence electrons. The Bertz CT molecular complexity index is 888. The molecule has 2 aromatic rings. The third-order valence-electron chi connectivity index (χ3n) is 5.94. The van der Waals surface area contributed by atoms with E-state index in [0.717, 1.165) is 43.4 Å². The standard InChI is InChI=1S/C23H29N3O4/c1-17-5-2-6-18(15-17)22-21(24-16-30-22)23(28)26(19-8-13-29-14-9-19)12-4-11-25-10-3-7-20(25)27/h2,5-6,15-16,19H,3-4,7-14H2,1H3. The van der Waals surface area contributed by atoms with E-state index in [9.17, 15) is 9.59 Å². The summed E-state index contributed by atoms with van der Waals surface area (Å²) < 4.78 is 11.1. The molecule has 0 atom stereocenters. The third-order valence-corrected chi connectivity index (χ3v) is 5.94. The van der Waals surface area contributed by atoms with Gasteiger partial charge in [-0.25, -0.2) is 4.98 Å². The molecule has 7 heteroatoms. The van der Waals surface area contributed by atoms with E-state index >= 15 is 0 Å². The molecule has 2 amide bonds. The topological polar surface area (TPSA) is 75.9 Å². The molecule has 2 aliphatic rings. The number of benzene rings is 1. The fourth-order valence-electron chi connectivity index (χ4n) is 4.34. The van der Waals surface area contributed by atoms with Crippen molar-refractivity contribution in [3.63, 3.8) is 0 Å². The quantitative estimate of drug-likeness (QED) is 0.699. The van der Waals surface area contributed by atoms with E-state index in [4.69, 9.17) is 9.15 Å². The summed E-state index contributed by atoms with van der Waals surface area (Å²) in [6.07, 6.45) is 5.29. The van der Waals surface area contributed by atoms with Gasteiger partial charge < -0.3 is 19.0 Å². The number of nitrogens with zero attached hydrogens (tertiary/aromatic N) is 3. The van der Waals surface area contributed by atoms with Crippen molar-refractivity contribution in [1.29, 1.82) is 0 Å². The van der Waals surface area contributed by atoms with Gasteiger partial charge in [0, 0.05) is 50.9 Å². The van der Waals surface area contributed by atoms with Crippen molar-refractivity contribution in [3.8, 4) is 11.3 Å². The van der Waals surface area contributed by atoms with Crippen LogP contribution in [0.5, 0.6) is 0 Å². The molecule has 0 spiro atoms. The van der Waals surface area contributed by atoms with Gasteiger partial charge in [-0.2, -0.15) is 0 Å². The van der Waals surface area contributed by atoms with Crippen LogP contribution in [0.1, 0.15) is 48.2 Å². The molecule has 2 aliphatic heterocycles. The number of ether oxygens (including phenoxy) is 1. The van der Waals surface area contributed by atoms with Gasteiger partial charge in [-0.1, -0.05) is 23.8 Å². The van der Waals surface area contributed by atoms with Gasteiger partial charge in [0.15, 0.2) is 17.8 Å². The van der Waals surface area contributed by atoms with Crippen molar-refractivity contribution in [2.75, 3.05) is 32.8 Å². The van der Waals surface area contributed by atoms with Crippen LogP contribution < -0.4 is 0 Å². The van der Waals surface area contributed by atoms with Gasteiger partial charge in [0.2, 0.25) is 5.91 Å². The largest absolute Gasteiger partial charge is 0.443 e. The van der Waals surface area contributed by atoms with Crippen LogP contribution in [0.2, 0.25) is 0 Å². The molecule has 2 fully saturated rings. The number of hydrogen-bond acceptors (Lipinski definition) is 5. The highest BCUT2D eigenvalue weighted by Crippen LogP contribution is 2.27. The average molecular weight is 412 g/mol. The van der Waals surface area contributed by atoms with E-state index in [1.807, 2.05) is 41.0 Å². The van der Waals surface area contributed by atoms with Crippen molar-refractivity contribution >= 4 is 11.8 Å². The van der Waals surface area contributed by atoms with Gasteiger partial charge in [-0.15, -0.1) is 0 Å². The van der Waals surface area contributed by atoms with Crippen LogP contribution in [0.25, 0.3) is 11.3 Å². The molecule has 1 aromatic heterocycles. The minimum absolute atomic E-state index is 0.111. The van der Waals surface area contributed by atoms with E-state index in [-0.39, 0.29) is 17.9 Å². The molecule has 2 saturated heterocycles. The zero-order chi connectivity index (χ0) is 20.9. The lowest BCUT2D eigenvalue weighted by Crippen LogP contribution is -2.45. The van der Waals surface area contributed by atoms with Crippen molar-refractivity contribution < 1.29 is 18.7 Å². The third kappa shape index (κ3) is 4.56. The number of carbonyl (C=O) groups excluding carboxylic acids is 2. The molecule has 0 aliphatic carbocycles. The van der Waals surface area contributed by atoms with Gasteiger partial charge in [0.25, 0.3) is 5.91 Å². The predicted octanol–water partition coefficient (Wildman–Crippen LogP) is 3.28. The van der Waals surface area contributed by atoms with Gasteiger partial charge in [-0.3, -0.25) is 9.59 Å². The molecular weight excluding hydrogens is 382 g/mol. The minimum atomic E-state index is -0.111. The Morgan fingerprint density at radius 3 is 2.87 bits per heavy atom. The van der Waals surface area contributed by atoms with Crippen LogP contribution >= 0.6 is 0 Å². The summed E-state index contributed by atoms with van der Waals surface area (Å²) >= 11 is 0. The maximum absolute atomic E-state index is 13.6. The Morgan fingerprint density at radius 1 is 1.30 bits per heavy atom. The Hall–Kier alpha value is -2.67. The van der Waals surface area contributed by atoms with Crippen LogP contribution in [0.15, 0.2) is 35.1 Å². The molecule has 0 unspecified atom stereocenters. The lowest BCUT2D eigenvalue weighted by atomic mass is 10.0. The first-order valence-electron chi connectivity index (χ1n) is 10.8.